The van der Waals surface area contributed by atoms with Crippen LogP contribution in [0.15, 0.2) is 0 Å². The Bertz CT molecular complexity index is 154. The Hall–Kier alpha value is -0.240. The molecule has 0 bridgehead atoms. The summed E-state index contributed by atoms with van der Waals surface area (Å²) in [6.07, 6.45) is 1.42. The molecule has 0 heterocycles. The fourth-order valence-corrected chi connectivity index (χ4v) is 1.11. The Kier molecular flexibility index (Phi) is 16.5. The SMILES string of the molecule is CC(O)CCC(O)CO.OCCCCC(O)CO. The van der Waals surface area contributed by atoms with Crippen molar-refractivity contribution in [1.29, 1.82) is 0 Å². The van der Waals surface area contributed by atoms with Crippen LogP contribution in [0.3, 0.4) is 0 Å². The zero-order valence-electron chi connectivity index (χ0n) is 11.1. The maximum atomic E-state index is 8.75. The lowest BCUT2D eigenvalue weighted by molar-refractivity contribution is 0.0717. The van der Waals surface area contributed by atoms with Gasteiger partial charge >= 0.3 is 0 Å². The molecule has 0 aromatic rings. The van der Waals surface area contributed by atoms with Gasteiger partial charge in [0.25, 0.3) is 0 Å². The lowest BCUT2D eigenvalue weighted by Gasteiger charge is -2.07. The highest BCUT2D eigenvalue weighted by molar-refractivity contribution is 4.55. The van der Waals surface area contributed by atoms with Crippen molar-refractivity contribution in [2.24, 2.45) is 0 Å². The van der Waals surface area contributed by atoms with E-state index >= 15 is 0 Å². The van der Waals surface area contributed by atoms with E-state index in [1.165, 1.54) is 0 Å². The molecule has 0 aromatic carbocycles. The monoisotopic (exact) mass is 268 g/mol. The zero-order valence-corrected chi connectivity index (χ0v) is 11.1. The fraction of sp³-hybridized carbons (Fsp3) is 1.00. The predicted octanol–water partition coefficient (Wildman–Crippen LogP) is -0.997. The Morgan fingerprint density at radius 3 is 1.61 bits per heavy atom. The highest BCUT2D eigenvalue weighted by Gasteiger charge is 2.03. The van der Waals surface area contributed by atoms with Crippen molar-refractivity contribution in [2.75, 3.05) is 19.8 Å². The molecule has 3 atom stereocenters. The molecule has 6 N–H and O–H groups in total. The van der Waals surface area contributed by atoms with E-state index < -0.39 is 12.2 Å². The van der Waals surface area contributed by atoms with Crippen LogP contribution in [0, 0.1) is 0 Å². The standard InChI is InChI=1S/2C6H14O3/c1-5(8)2-3-6(9)4-7;7-4-2-1-3-6(9)5-8/h5-9H,2-4H2,1H3;6-9H,1-5H2. The van der Waals surface area contributed by atoms with Crippen LogP contribution in [0.1, 0.15) is 39.0 Å². The fourth-order valence-electron chi connectivity index (χ4n) is 1.11. The van der Waals surface area contributed by atoms with Crippen LogP contribution < -0.4 is 0 Å². The largest absolute Gasteiger partial charge is 0.396 e. The number of hydrogen-bond acceptors (Lipinski definition) is 6. The third-order valence-corrected chi connectivity index (χ3v) is 2.28. The molecule has 0 spiro atoms. The Morgan fingerprint density at radius 2 is 1.22 bits per heavy atom. The van der Waals surface area contributed by atoms with E-state index in [9.17, 15) is 0 Å². The lowest BCUT2D eigenvalue weighted by atomic mass is 10.1. The van der Waals surface area contributed by atoms with Crippen molar-refractivity contribution < 1.29 is 30.6 Å². The van der Waals surface area contributed by atoms with Crippen LogP contribution >= 0.6 is 0 Å². The maximum absolute atomic E-state index is 8.75. The van der Waals surface area contributed by atoms with E-state index in [-0.39, 0.29) is 25.9 Å². The lowest BCUT2D eigenvalue weighted by Crippen LogP contribution is -2.14. The first-order chi connectivity index (χ1) is 8.47. The topological polar surface area (TPSA) is 121 Å². The van der Waals surface area contributed by atoms with E-state index in [0.717, 1.165) is 6.42 Å². The van der Waals surface area contributed by atoms with Crippen LogP contribution in [0.25, 0.3) is 0 Å². The van der Waals surface area contributed by atoms with Gasteiger partial charge in [0.1, 0.15) is 0 Å². The van der Waals surface area contributed by atoms with Crippen molar-refractivity contribution in [1.82, 2.24) is 0 Å². The molecule has 0 radical (unpaired) electrons. The summed E-state index contributed by atoms with van der Waals surface area (Å²) in [5.74, 6) is 0. The molecule has 0 aromatic heterocycles. The Balaban J connectivity index is 0. The van der Waals surface area contributed by atoms with Crippen molar-refractivity contribution in [3.8, 4) is 0 Å². The maximum Gasteiger partial charge on any atom is 0.0771 e. The van der Waals surface area contributed by atoms with Gasteiger partial charge in [-0.15, -0.1) is 0 Å². The Labute approximate surface area is 109 Å². The average molecular weight is 268 g/mol. The van der Waals surface area contributed by atoms with Crippen molar-refractivity contribution in [2.45, 2.75) is 57.3 Å². The summed E-state index contributed by atoms with van der Waals surface area (Å²) in [6.45, 7) is 1.43. The van der Waals surface area contributed by atoms with Crippen LogP contribution in [0.4, 0.5) is 0 Å². The minimum absolute atomic E-state index is 0.165. The summed E-state index contributed by atoms with van der Waals surface area (Å²) in [4.78, 5) is 0. The number of unbranched alkanes of at least 4 members (excludes halogenated alkanes) is 1. The third kappa shape index (κ3) is 18.1. The van der Waals surface area contributed by atoms with Gasteiger partial charge in [0.2, 0.25) is 0 Å². The molecule has 0 fully saturated rings. The first kappa shape index (κ1) is 20.1. The number of hydrogen-bond donors (Lipinski definition) is 6. The van der Waals surface area contributed by atoms with E-state index in [0.29, 0.717) is 25.7 Å². The zero-order chi connectivity index (χ0) is 14.4. The third-order valence-electron chi connectivity index (χ3n) is 2.28. The predicted molar refractivity (Wildman–Crippen MR) is 68.0 cm³/mol. The van der Waals surface area contributed by atoms with Gasteiger partial charge in [-0.25, -0.2) is 0 Å². The van der Waals surface area contributed by atoms with Crippen molar-refractivity contribution in [3.63, 3.8) is 0 Å². The number of aliphatic hydroxyl groups excluding tert-OH is 6. The summed E-state index contributed by atoms with van der Waals surface area (Å²) in [5, 5.41) is 51.1. The molecular formula is C12H28O6. The molecule has 18 heavy (non-hydrogen) atoms. The molecule has 0 aliphatic rings. The molecule has 0 saturated heterocycles. The van der Waals surface area contributed by atoms with Gasteiger partial charge in [0.05, 0.1) is 31.5 Å². The molecule has 0 aliphatic carbocycles. The van der Waals surface area contributed by atoms with Crippen molar-refractivity contribution >= 4 is 0 Å². The molecule has 0 rings (SSSR count). The Morgan fingerprint density at radius 1 is 0.722 bits per heavy atom. The minimum atomic E-state index is -0.667. The molecule has 0 aliphatic heterocycles. The van der Waals surface area contributed by atoms with Crippen LogP contribution in [0.2, 0.25) is 0 Å². The number of rotatable bonds is 9. The van der Waals surface area contributed by atoms with Gasteiger partial charge in [0.15, 0.2) is 0 Å². The average Bonchev–Trinajstić information content (AvgIpc) is 2.36. The van der Waals surface area contributed by atoms with E-state index in [2.05, 4.69) is 0 Å². The second-order valence-corrected chi connectivity index (χ2v) is 4.32. The highest BCUT2D eigenvalue weighted by atomic mass is 16.3. The molecule has 112 valence electrons. The van der Waals surface area contributed by atoms with Gasteiger partial charge in [-0.2, -0.15) is 0 Å². The van der Waals surface area contributed by atoms with E-state index in [1.807, 2.05) is 0 Å². The smallest absolute Gasteiger partial charge is 0.0771 e. The summed E-state index contributed by atoms with van der Waals surface area (Å²) in [5.41, 5.74) is 0. The molecular weight excluding hydrogens is 240 g/mol. The van der Waals surface area contributed by atoms with E-state index in [4.69, 9.17) is 30.6 Å². The summed E-state index contributed by atoms with van der Waals surface area (Å²) in [7, 11) is 0. The molecule has 0 saturated carbocycles. The summed E-state index contributed by atoms with van der Waals surface area (Å²) < 4.78 is 0. The van der Waals surface area contributed by atoms with Gasteiger partial charge in [-0.3, -0.25) is 0 Å². The normalized spacial score (nSPS) is 15.5. The molecule has 6 nitrogen and oxygen atoms in total. The minimum Gasteiger partial charge on any atom is -0.396 e. The van der Waals surface area contributed by atoms with Gasteiger partial charge in [-0.1, -0.05) is 0 Å². The van der Waals surface area contributed by atoms with Crippen LogP contribution in [0.5, 0.6) is 0 Å². The molecule has 6 heteroatoms. The summed E-state index contributed by atoms with van der Waals surface area (Å²) in [6, 6.07) is 0. The second-order valence-electron chi connectivity index (χ2n) is 4.32. The van der Waals surface area contributed by atoms with Gasteiger partial charge in [0, 0.05) is 6.61 Å². The molecule has 0 amide bonds. The first-order valence-corrected chi connectivity index (χ1v) is 6.34. The first-order valence-electron chi connectivity index (χ1n) is 6.34. The summed E-state index contributed by atoms with van der Waals surface area (Å²) >= 11 is 0. The molecule has 3 unspecified atom stereocenters. The van der Waals surface area contributed by atoms with Crippen LogP contribution in [-0.4, -0.2) is 68.8 Å². The second kappa shape index (κ2) is 14.8. The highest BCUT2D eigenvalue weighted by Crippen LogP contribution is 1.99. The van der Waals surface area contributed by atoms with Crippen LogP contribution in [-0.2, 0) is 0 Å². The van der Waals surface area contributed by atoms with Crippen molar-refractivity contribution in [3.05, 3.63) is 0 Å². The quantitative estimate of drug-likeness (QED) is 0.298. The number of aliphatic hydroxyl groups is 6. The van der Waals surface area contributed by atoms with Gasteiger partial charge < -0.3 is 30.6 Å². The van der Waals surface area contributed by atoms with Gasteiger partial charge in [-0.05, 0) is 39.0 Å². The van der Waals surface area contributed by atoms with E-state index in [1.54, 1.807) is 6.92 Å².